The van der Waals surface area contributed by atoms with Crippen molar-refractivity contribution in [3.8, 4) is 22.8 Å². The van der Waals surface area contributed by atoms with E-state index in [2.05, 4.69) is 5.32 Å². The van der Waals surface area contributed by atoms with Gasteiger partial charge >= 0.3 is 0 Å². The van der Waals surface area contributed by atoms with Crippen LogP contribution in [0.1, 0.15) is 6.42 Å². The first-order valence-corrected chi connectivity index (χ1v) is 8.87. The SMILES string of the molecule is COc1ccc2nc(-c3ccccc3)cc(OC3CNC(C(N)=O)C3)c2c1. The van der Waals surface area contributed by atoms with Gasteiger partial charge in [-0.3, -0.25) is 4.79 Å². The molecular weight excluding hydrogens is 342 g/mol. The second-order valence-electron chi connectivity index (χ2n) is 6.59. The molecule has 0 spiro atoms. The van der Waals surface area contributed by atoms with Crippen LogP contribution in [0.5, 0.6) is 11.5 Å². The van der Waals surface area contributed by atoms with Crippen LogP contribution in [0, 0.1) is 0 Å². The molecule has 0 bridgehead atoms. The largest absolute Gasteiger partial charge is 0.497 e. The standard InChI is InChI=1S/C21H21N3O3/c1-26-14-7-8-17-16(9-14)20(27-15-10-19(21(22)25)23-12-15)11-18(24-17)13-5-3-2-4-6-13/h2-9,11,15,19,23H,10,12H2,1H3,(H2,22,25). The number of amides is 1. The lowest BCUT2D eigenvalue weighted by atomic mass is 10.1. The number of methoxy groups -OCH3 is 1. The molecule has 3 aromatic rings. The molecule has 1 aliphatic heterocycles. The predicted molar refractivity (Wildman–Crippen MR) is 104 cm³/mol. The fraction of sp³-hybridized carbons (Fsp3) is 0.238. The molecule has 27 heavy (non-hydrogen) atoms. The van der Waals surface area contributed by atoms with Crippen LogP contribution in [0.4, 0.5) is 0 Å². The number of carbonyl (C=O) groups excluding carboxylic acids is 1. The van der Waals surface area contributed by atoms with E-state index in [0.29, 0.717) is 13.0 Å². The van der Waals surface area contributed by atoms with Gasteiger partial charge in [0.1, 0.15) is 17.6 Å². The van der Waals surface area contributed by atoms with Gasteiger partial charge < -0.3 is 20.5 Å². The molecule has 2 unspecified atom stereocenters. The first-order valence-electron chi connectivity index (χ1n) is 8.87. The van der Waals surface area contributed by atoms with E-state index >= 15 is 0 Å². The second-order valence-corrected chi connectivity index (χ2v) is 6.59. The highest BCUT2D eigenvalue weighted by Gasteiger charge is 2.29. The van der Waals surface area contributed by atoms with Crippen LogP contribution < -0.4 is 20.5 Å². The number of aromatic nitrogens is 1. The maximum Gasteiger partial charge on any atom is 0.234 e. The third-order valence-corrected chi connectivity index (χ3v) is 4.78. The van der Waals surface area contributed by atoms with E-state index in [0.717, 1.165) is 33.7 Å². The Morgan fingerprint density at radius 2 is 2.00 bits per heavy atom. The Labute approximate surface area is 157 Å². The highest BCUT2D eigenvalue weighted by Crippen LogP contribution is 2.33. The number of benzene rings is 2. The third kappa shape index (κ3) is 3.57. The summed E-state index contributed by atoms with van der Waals surface area (Å²) in [7, 11) is 1.63. The van der Waals surface area contributed by atoms with Gasteiger partial charge in [-0.25, -0.2) is 4.98 Å². The molecular formula is C21H21N3O3. The Bertz CT molecular complexity index is 975. The molecule has 0 radical (unpaired) electrons. The van der Waals surface area contributed by atoms with Crippen LogP contribution in [0.15, 0.2) is 54.6 Å². The Morgan fingerprint density at radius 3 is 2.70 bits per heavy atom. The van der Waals surface area contributed by atoms with Crippen molar-refractivity contribution >= 4 is 16.8 Å². The first-order chi connectivity index (χ1) is 13.1. The number of nitrogens with one attached hydrogen (secondary N) is 1. The molecule has 4 rings (SSSR count). The Balaban J connectivity index is 1.75. The minimum Gasteiger partial charge on any atom is -0.497 e. The van der Waals surface area contributed by atoms with Gasteiger partial charge in [0, 0.05) is 30.0 Å². The van der Waals surface area contributed by atoms with E-state index in [4.69, 9.17) is 20.2 Å². The van der Waals surface area contributed by atoms with Gasteiger partial charge in [-0.2, -0.15) is 0 Å². The summed E-state index contributed by atoms with van der Waals surface area (Å²) in [6.07, 6.45) is 0.409. The lowest BCUT2D eigenvalue weighted by Crippen LogP contribution is -2.36. The fourth-order valence-corrected chi connectivity index (χ4v) is 3.34. The molecule has 1 aromatic heterocycles. The monoisotopic (exact) mass is 363 g/mol. The van der Waals surface area contributed by atoms with E-state index in [9.17, 15) is 4.79 Å². The summed E-state index contributed by atoms with van der Waals surface area (Å²) >= 11 is 0. The summed E-state index contributed by atoms with van der Waals surface area (Å²) in [5.41, 5.74) is 8.07. The third-order valence-electron chi connectivity index (χ3n) is 4.78. The average molecular weight is 363 g/mol. The summed E-state index contributed by atoms with van der Waals surface area (Å²) in [6, 6.07) is 17.3. The van der Waals surface area contributed by atoms with Crippen molar-refractivity contribution in [2.75, 3.05) is 13.7 Å². The van der Waals surface area contributed by atoms with Gasteiger partial charge in [0.05, 0.1) is 24.4 Å². The van der Waals surface area contributed by atoms with Gasteiger partial charge in [-0.1, -0.05) is 30.3 Å². The number of rotatable bonds is 5. The minimum atomic E-state index is -0.355. The summed E-state index contributed by atoms with van der Waals surface area (Å²) in [5.74, 6) is 1.10. The van der Waals surface area contributed by atoms with E-state index in [-0.39, 0.29) is 18.1 Å². The van der Waals surface area contributed by atoms with E-state index in [1.165, 1.54) is 0 Å². The van der Waals surface area contributed by atoms with Crippen molar-refractivity contribution in [3.05, 3.63) is 54.6 Å². The molecule has 1 aliphatic rings. The highest BCUT2D eigenvalue weighted by atomic mass is 16.5. The normalized spacial score (nSPS) is 19.1. The second kappa shape index (κ2) is 7.25. The summed E-state index contributed by atoms with van der Waals surface area (Å²) in [5, 5.41) is 3.98. The number of pyridine rings is 1. The molecule has 1 fully saturated rings. The highest BCUT2D eigenvalue weighted by molar-refractivity contribution is 5.89. The van der Waals surface area contributed by atoms with Crippen molar-refractivity contribution in [3.63, 3.8) is 0 Å². The zero-order valence-electron chi connectivity index (χ0n) is 15.0. The number of primary amides is 1. The van der Waals surface area contributed by atoms with E-state index < -0.39 is 0 Å². The molecule has 3 N–H and O–H groups in total. The quantitative estimate of drug-likeness (QED) is 0.727. The number of nitrogens with two attached hydrogens (primary N) is 1. The Hall–Kier alpha value is -3.12. The fourth-order valence-electron chi connectivity index (χ4n) is 3.34. The average Bonchev–Trinajstić information content (AvgIpc) is 3.17. The molecule has 1 saturated heterocycles. The molecule has 2 aromatic carbocycles. The van der Waals surface area contributed by atoms with E-state index in [1.54, 1.807) is 7.11 Å². The summed E-state index contributed by atoms with van der Waals surface area (Å²) in [4.78, 5) is 16.2. The van der Waals surface area contributed by atoms with Crippen LogP contribution in [0.3, 0.4) is 0 Å². The van der Waals surface area contributed by atoms with Gasteiger partial charge in [0.15, 0.2) is 0 Å². The predicted octanol–water partition coefficient (Wildman–Crippen LogP) is 2.50. The van der Waals surface area contributed by atoms with Gasteiger partial charge in [0.25, 0.3) is 0 Å². The van der Waals surface area contributed by atoms with Crippen molar-refractivity contribution < 1.29 is 14.3 Å². The molecule has 6 nitrogen and oxygen atoms in total. The summed E-state index contributed by atoms with van der Waals surface area (Å²) in [6.45, 7) is 0.571. The zero-order chi connectivity index (χ0) is 18.8. The number of fused-ring (bicyclic) bond motifs is 1. The lowest BCUT2D eigenvalue weighted by molar-refractivity contribution is -0.119. The van der Waals surface area contributed by atoms with Gasteiger partial charge in [0.2, 0.25) is 5.91 Å². The number of carbonyl (C=O) groups is 1. The van der Waals surface area contributed by atoms with Crippen LogP contribution in [-0.2, 0) is 4.79 Å². The molecule has 2 atom stereocenters. The van der Waals surface area contributed by atoms with E-state index in [1.807, 2.05) is 54.6 Å². The minimum absolute atomic E-state index is 0.136. The topological polar surface area (TPSA) is 86.5 Å². The maximum atomic E-state index is 11.4. The maximum absolute atomic E-state index is 11.4. The zero-order valence-corrected chi connectivity index (χ0v) is 15.0. The molecule has 1 amide bonds. The van der Waals surface area contributed by atoms with Crippen molar-refractivity contribution in [1.29, 1.82) is 0 Å². The van der Waals surface area contributed by atoms with Crippen LogP contribution in [0.25, 0.3) is 22.2 Å². The first kappa shape index (κ1) is 17.3. The molecule has 2 heterocycles. The van der Waals surface area contributed by atoms with Gasteiger partial charge in [-0.05, 0) is 18.2 Å². The number of nitrogens with zero attached hydrogens (tertiary/aromatic N) is 1. The van der Waals surface area contributed by atoms with Crippen LogP contribution >= 0.6 is 0 Å². The Kier molecular flexibility index (Phi) is 4.64. The molecule has 138 valence electrons. The lowest BCUT2D eigenvalue weighted by Gasteiger charge is -2.16. The molecule has 0 saturated carbocycles. The summed E-state index contributed by atoms with van der Waals surface area (Å²) < 4.78 is 11.6. The molecule has 6 heteroatoms. The number of hydrogen-bond acceptors (Lipinski definition) is 5. The smallest absolute Gasteiger partial charge is 0.234 e. The number of ether oxygens (including phenoxy) is 2. The van der Waals surface area contributed by atoms with Crippen LogP contribution in [0.2, 0.25) is 0 Å². The van der Waals surface area contributed by atoms with Crippen molar-refractivity contribution in [2.45, 2.75) is 18.6 Å². The molecule has 0 aliphatic carbocycles. The number of hydrogen-bond donors (Lipinski definition) is 2. The van der Waals surface area contributed by atoms with Crippen molar-refractivity contribution in [1.82, 2.24) is 10.3 Å². The van der Waals surface area contributed by atoms with Gasteiger partial charge in [-0.15, -0.1) is 0 Å². The van der Waals surface area contributed by atoms with Crippen LogP contribution in [-0.4, -0.2) is 36.7 Å². The van der Waals surface area contributed by atoms with Crippen molar-refractivity contribution in [2.24, 2.45) is 5.73 Å². The Morgan fingerprint density at radius 1 is 1.19 bits per heavy atom.